The minimum Gasteiger partial charge on any atom is -0.496 e. The van der Waals surface area contributed by atoms with Crippen LogP contribution in [0.15, 0.2) is 18.2 Å². The van der Waals surface area contributed by atoms with Crippen molar-refractivity contribution in [1.29, 1.82) is 0 Å². The lowest BCUT2D eigenvalue weighted by Crippen LogP contribution is -2.54. The second kappa shape index (κ2) is 13.0. The Balaban J connectivity index is 2.92. The average Bonchev–Trinajstić information content (AvgIpc) is 2.69. The molecule has 2 amide bonds. The van der Waals surface area contributed by atoms with Gasteiger partial charge in [-0.3, -0.25) is 24.0 Å². The predicted octanol–water partition coefficient (Wildman–Crippen LogP) is 1.07. The molecule has 0 fully saturated rings. The molecule has 0 bridgehead atoms. The molecule has 0 saturated carbocycles. The van der Waals surface area contributed by atoms with Crippen molar-refractivity contribution in [3.8, 4) is 5.75 Å². The maximum atomic E-state index is 12.8. The third kappa shape index (κ3) is 9.20. The lowest BCUT2D eigenvalue weighted by Gasteiger charge is -2.24. The standard InChI is InChI=1S/C21H27IN2O8/c1-11(2)20(24-18(27)8-13-7-14(22)5-6-17(13)31-4)21(30)23-15(9-19(28)29)16(26)10-32-12(3)25/h5-7,11,15,20H,8-10H2,1-4H3,(H,23,30)(H,24,27)(H,28,29)/t15?,20-/m0/s1/i22-2. The van der Waals surface area contributed by atoms with Crippen molar-refractivity contribution in [2.75, 3.05) is 13.7 Å². The summed E-state index contributed by atoms with van der Waals surface area (Å²) in [6.07, 6.45) is -0.731. The Hall–Kier alpha value is -2.70. The Bertz CT molecular complexity index is 871. The minimum absolute atomic E-state index is 0.0412. The van der Waals surface area contributed by atoms with Gasteiger partial charge >= 0.3 is 11.9 Å². The normalized spacial score (nSPS) is 12.4. The number of carboxylic acid groups (broad SMARTS) is 1. The molecule has 176 valence electrons. The molecule has 10 nitrogen and oxygen atoms in total. The Labute approximate surface area is 199 Å². The average molecular weight is 560 g/mol. The van der Waals surface area contributed by atoms with Crippen LogP contribution in [0, 0.1) is 9.49 Å². The summed E-state index contributed by atoms with van der Waals surface area (Å²) in [7, 11) is 1.49. The Kier molecular flexibility index (Phi) is 11.1. The highest BCUT2D eigenvalue weighted by atomic mass is 125. The molecule has 3 N–H and O–H groups in total. The van der Waals surface area contributed by atoms with Gasteiger partial charge in [0.2, 0.25) is 11.8 Å². The fraction of sp³-hybridized carbons (Fsp3) is 0.476. The number of esters is 1. The molecule has 1 rings (SSSR count). The van der Waals surface area contributed by atoms with E-state index in [4.69, 9.17) is 9.84 Å². The van der Waals surface area contributed by atoms with Gasteiger partial charge in [0.05, 0.1) is 20.0 Å². The van der Waals surface area contributed by atoms with Crippen molar-refractivity contribution < 1.29 is 38.6 Å². The van der Waals surface area contributed by atoms with Crippen molar-refractivity contribution in [2.24, 2.45) is 5.92 Å². The van der Waals surface area contributed by atoms with Gasteiger partial charge in [-0.25, -0.2) is 0 Å². The smallest absolute Gasteiger partial charge is 0.305 e. The summed E-state index contributed by atoms with van der Waals surface area (Å²) in [4.78, 5) is 59.6. The third-order valence-corrected chi connectivity index (χ3v) is 5.03. The van der Waals surface area contributed by atoms with Crippen LogP contribution in [0.5, 0.6) is 5.75 Å². The van der Waals surface area contributed by atoms with Crippen molar-refractivity contribution in [3.63, 3.8) is 0 Å². The van der Waals surface area contributed by atoms with Crippen LogP contribution in [0.1, 0.15) is 32.8 Å². The first-order valence-corrected chi connectivity index (χ1v) is 10.8. The van der Waals surface area contributed by atoms with Gasteiger partial charge in [-0.1, -0.05) is 13.8 Å². The van der Waals surface area contributed by atoms with E-state index in [9.17, 15) is 24.0 Å². The van der Waals surface area contributed by atoms with Gasteiger partial charge in [0.15, 0.2) is 12.4 Å². The first-order chi connectivity index (χ1) is 14.9. The van der Waals surface area contributed by atoms with Crippen LogP contribution in [0.3, 0.4) is 0 Å². The second-order valence-corrected chi connectivity index (χ2v) is 8.57. The summed E-state index contributed by atoms with van der Waals surface area (Å²) in [6.45, 7) is 3.83. The third-order valence-electron chi connectivity index (χ3n) is 4.36. The van der Waals surface area contributed by atoms with Gasteiger partial charge in [0, 0.05) is 16.1 Å². The number of carboxylic acids is 1. The number of benzene rings is 1. The number of ketones is 1. The molecular formula is C21H27IN2O8. The zero-order valence-corrected chi connectivity index (χ0v) is 20.4. The van der Waals surface area contributed by atoms with Gasteiger partial charge < -0.3 is 25.2 Å². The number of halogens is 1. The molecule has 0 aromatic heterocycles. The van der Waals surface area contributed by atoms with Crippen LogP contribution >= 0.6 is 22.6 Å². The number of carbonyl (C=O) groups excluding carboxylic acids is 4. The molecule has 11 heteroatoms. The number of rotatable bonds is 12. The highest BCUT2D eigenvalue weighted by Crippen LogP contribution is 2.21. The number of hydrogen-bond donors (Lipinski definition) is 3. The first-order valence-electron chi connectivity index (χ1n) is 9.74. The molecule has 0 aliphatic heterocycles. The summed E-state index contributed by atoms with van der Waals surface area (Å²) in [5.74, 6) is -3.78. The highest BCUT2D eigenvalue weighted by Gasteiger charge is 2.30. The number of aliphatic carboxylic acids is 1. The van der Waals surface area contributed by atoms with E-state index in [0.29, 0.717) is 11.3 Å². The summed E-state index contributed by atoms with van der Waals surface area (Å²) in [5, 5.41) is 14.0. The maximum Gasteiger partial charge on any atom is 0.305 e. The molecule has 0 spiro atoms. The summed E-state index contributed by atoms with van der Waals surface area (Å²) >= 11 is 2.11. The molecule has 1 aromatic carbocycles. The topological polar surface area (TPSA) is 148 Å². The van der Waals surface area contributed by atoms with E-state index in [1.165, 1.54) is 7.11 Å². The second-order valence-electron chi connectivity index (χ2n) is 7.33. The SMILES string of the molecule is COc1ccc([125I])cc1CC(=O)N[C@H](C(=O)NC(CC(=O)O)C(=O)COC(C)=O)C(C)C. The lowest BCUT2D eigenvalue weighted by molar-refractivity contribution is -0.147. The Morgan fingerprint density at radius 3 is 2.31 bits per heavy atom. The zero-order chi connectivity index (χ0) is 24.4. The van der Waals surface area contributed by atoms with E-state index in [-0.39, 0.29) is 12.3 Å². The van der Waals surface area contributed by atoms with E-state index >= 15 is 0 Å². The van der Waals surface area contributed by atoms with Crippen LogP contribution in [-0.4, -0.2) is 60.4 Å². The molecule has 2 atom stereocenters. The van der Waals surface area contributed by atoms with Gasteiger partial charge in [-0.15, -0.1) is 0 Å². The zero-order valence-electron chi connectivity index (χ0n) is 18.3. The summed E-state index contributed by atoms with van der Waals surface area (Å²) in [6, 6.07) is 2.94. The number of Topliss-reactive ketones (excluding diaryl/α,β-unsaturated/α-hetero) is 1. The molecule has 0 heterocycles. The van der Waals surface area contributed by atoms with Crippen LogP contribution in [0.4, 0.5) is 0 Å². The number of carbonyl (C=O) groups is 5. The van der Waals surface area contributed by atoms with Crippen LogP contribution in [-0.2, 0) is 35.1 Å². The van der Waals surface area contributed by atoms with Crippen molar-refractivity contribution in [3.05, 3.63) is 27.3 Å². The van der Waals surface area contributed by atoms with Crippen molar-refractivity contribution >= 4 is 52.1 Å². The number of ether oxygens (including phenoxy) is 2. The molecule has 0 aliphatic carbocycles. The number of methoxy groups -OCH3 is 1. The summed E-state index contributed by atoms with van der Waals surface area (Å²) in [5.41, 5.74) is 0.639. The van der Waals surface area contributed by atoms with E-state index in [1.54, 1.807) is 26.0 Å². The first kappa shape index (κ1) is 27.3. The number of amides is 2. The van der Waals surface area contributed by atoms with E-state index < -0.39 is 54.6 Å². The van der Waals surface area contributed by atoms with Crippen LogP contribution in [0.25, 0.3) is 0 Å². The monoisotopic (exact) mass is 560 g/mol. The van der Waals surface area contributed by atoms with Gasteiger partial charge in [0.1, 0.15) is 17.8 Å². The number of hydrogen-bond acceptors (Lipinski definition) is 7. The molecule has 32 heavy (non-hydrogen) atoms. The Morgan fingerprint density at radius 1 is 1.12 bits per heavy atom. The minimum atomic E-state index is -1.41. The summed E-state index contributed by atoms with van der Waals surface area (Å²) < 4.78 is 10.8. The maximum absolute atomic E-state index is 12.8. The van der Waals surface area contributed by atoms with Crippen molar-refractivity contribution in [2.45, 2.75) is 45.7 Å². The van der Waals surface area contributed by atoms with Gasteiger partial charge in [-0.2, -0.15) is 0 Å². The molecular weight excluding hydrogens is 533 g/mol. The van der Waals surface area contributed by atoms with E-state index in [1.807, 2.05) is 6.07 Å². The highest BCUT2D eigenvalue weighted by molar-refractivity contribution is 14.1. The largest absolute Gasteiger partial charge is 0.496 e. The predicted molar refractivity (Wildman–Crippen MR) is 122 cm³/mol. The Morgan fingerprint density at radius 2 is 1.78 bits per heavy atom. The van der Waals surface area contributed by atoms with Gasteiger partial charge in [0.25, 0.3) is 0 Å². The molecule has 1 unspecified atom stereocenters. The van der Waals surface area contributed by atoms with Crippen LogP contribution in [0.2, 0.25) is 0 Å². The molecule has 1 aromatic rings. The van der Waals surface area contributed by atoms with E-state index in [0.717, 1.165) is 10.5 Å². The lowest BCUT2D eigenvalue weighted by atomic mass is 10.0. The van der Waals surface area contributed by atoms with Gasteiger partial charge in [-0.05, 0) is 46.7 Å². The van der Waals surface area contributed by atoms with Crippen LogP contribution < -0.4 is 15.4 Å². The number of nitrogens with one attached hydrogen (secondary N) is 2. The fourth-order valence-corrected chi connectivity index (χ4v) is 3.33. The molecule has 0 aliphatic rings. The van der Waals surface area contributed by atoms with E-state index in [2.05, 4.69) is 38.0 Å². The fourth-order valence-electron chi connectivity index (χ4n) is 2.77. The van der Waals surface area contributed by atoms with Crippen molar-refractivity contribution in [1.82, 2.24) is 10.6 Å². The quantitative estimate of drug-likeness (QED) is 0.254. The molecule has 0 radical (unpaired) electrons. The molecule has 0 saturated heterocycles.